The first kappa shape index (κ1) is 19.7. The number of aryl methyl sites for hydroxylation is 1. The van der Waals surface area contributed by atoms with Crippen molar-refractivity contribution in [2.75, 3.05) is 0 Å². The molecule has 2 aromatic rings. The first-order valence-corrected chi connectivity index (χ1v) is 9.40. The van der Waals surface area contributed by atoms with Crippen LogP contribution in [0, 0.1) is 11.3 Å². The molecule has 1 heterocycles. The molecule has 1 aromatic heterocycles. The van der Waals surface area contributed by atoms with Gasteiger partial charge in [-0.3, -0.25) is 0 Å². The third-order valence-corrected chi connectivity index (χ3v) is 5.44. The Kier molecular flexibility index (Phi) is 5.49. The minimum Gasteiger partial charge on any atom is -0.380 e. The largest absolute Gasteiger partial charge is 0.387 e. The quantitative estimate of drug-likeness (QED) is 0.345. The summed E-state index contributed by atoms with van der Waals surface area (Å²) < 4.78 is 5.33. The fourth-order valence-electron chi connectivity index (χ4n) is 3.18. The van der Waals surface area contributed by atoms with Crippen LogP contribution in [0.5, 0.6) is 0 Å². The van der Waals surface area contributed by atoms with E-state index in [9.17, 15) is 4.79 Å². The molecule has 8 heteroatoms. The lowest BCUT2D eigenvalue weighted by atomic mass is 9.71. The summed E-state index contributed by atoms with van der Waals surface area (Å²) >= 11 is 11.9. The number of aromatic nitrogens is 1. The van der Waals surface area contributed by atoms with Crippen molar-refractivity contribution in [1.82, 2.24) is 5.16 Å². The fourth-order valence-corrected chi connectivity index (χ4v) is 3.69. The van der Waals surface area contributed by atoms with Crippen molar-refractivity contribution < 1.29 is 14.2 Å². The summed E-state index contributed by atoms with van der Waals surface area (Å²) in [6, 6.07) is 4.75. The van der Waals surface area contributed by atoms with Crippen LogP contribution in [0.4, 0.5) is 0 Å². The van der Waals surface area contributed by atoms with Crippen LogP contribution in [0.25, 0.3) is 0 Å². The van der Waals surface area contributed by atoms with Crippen molar-refractivity contribution >= 4 is 35.0 Å². The van der Waals surface area contributed by atoms with Crippen LogP contribution in [-0.4, -0.2) is 17.0 Å². The van der Waals surface area contributed by atoms with E-state index in [-0.39, 0.29) is 16.9 Å². The van der Waals surface area contributed by atoms with Gasteiger partial charge in [0.1, 0.15) is 5.76 Å². The van der Waals surface area contributed by atoms with Crippen LogP contribution < -0.4 is 5.73 Å². The highest BCUT2D eigenvalue weighted by Gasteiger charge is 2.34. The second-order valence-electron chi connectivity index (χ2n) is 7.72. The van der Waals surface area contributed by atoms with Gasteiger partial charge in [-0.1, -0.05) is 54.3 Å². The van der Waals surface area contributed by atoms with Crippen molar-refractivity contribution in [3.05, 3.63) is 50.8 Å². The van der Waals surface area contributed by atoms with Gasteiger partial charge in [0, 0.05) is 22.6 Å². The third kappa shape index (κ3) is 4.28. The molecule has 27 heavy (non-hydrogen) atoms. The maximum absolute atomic E-state index is 12.4. The molecule has 3 rings (SSSR count). The van der Waals surface area contributed by atoms with Gasteiger partial charge in [-0.15, -0.1) is 0 Å². The molecule has 0 fully saturated rings. The highest BCUT2D eigenvalue weighted by atomic mass is 35.5. The van der Waals surface area contributed by atoms with Crippen molar-refractivity contribution in [3.8, 4) is 0 Å². The number of oxime groups is 1. The summed E-state index contributed by atoms with van der Waals surface area (Å²) in [7, 11) is 0. The number of fused-ring (bicyclic) bond motifs is 1. The van der Waals surface area contributed by atoms with Crippen LogP contribution in [0.15, 0.2) is 27.9 Å². The molecule has 2 N–H and O–H groups in total. The average molecular weight is 410 g/mol. The van der Waals surface area contributed by atoms with Crippen molar-refractivity contribution in [3.63, 3.8) is 0 Å². The Bertz CT molecular complexity index is 900. The standard InChI is InChI=1S/C19H21Cl2N3O3/c1-19(2,3)10-4-7-15-13(8-10)16(23-26-15)18(25)27-24-17(22)12-6-5-11(20)9-14(12)21/h5-6,9-10H,4,7-8H2,1-3H3,(H2,22,24). The number of carbonyl (C=O) groups excluding carboxylic acids is 1. The second kappa shape index (κ2) is 7.52. The van der Waals surface area contributed by atoms with E-state index in [1.807, 2.05) is 0 Å². The normalized spacial score (nSPS) is 17.5. The fraction of sp³-hybridized carbons (Fsp3) is 0.421. The molecular formula is C19H21Cl2N3O3. The topological polar surface area (TPSA) is 90.7 Å². The summed E-state index contributed by atoms with van der Waals surface area (Å²) in [5.74, 6) is 0.426. The van der Waals surface area contributed by atoms with E-state index in [0.717, 1.165) is 30.6 Å². The number of benzene rings is 1. The number of nitrogens with two attached hydrogens (primary N) is 1. The SMILES string of the molecule is CC(C)(C)C1CCc2onc(C(=O)O/N=C(\N)c3ccc(Cl)cc3Cl)c2C1. The van der Waals surface area contributed by atoms with Gasteiger partial charge in [0.2, 0.25) is 0 Å². The Balaban J connectivity index is 1.77. The molecule has 6 nitrogen and oxygen atoms in total. The van der Waals surface area contributed by atoms with Gasteiger partial charge in [0.05, 0.1) is 5.02 Å². The molecule has 0 saturated carbocycles. The van der Waals surface area contributed by atoms with Crippen molar-refractivity contribution in [2.24, 2.45) is 22.2 Å². The van der Waals surface area contributed by atoms with Gasteiger partial charge in [0.25, 0.3) is 0 Å². The Hall–Kier alpha value is -2.05. The van der Waals surface area contributed by atoms with Crippen molar-refractivity contribution in [1.29, 1.82) is 0 Å². The summed E-state index contributed by atoms with van der Waals surface area (Å²) in [5, 5.41) is 8.36. The van der Waals surface area contributed by atoms with E-state index in [1.165, 1.54) is 6.07 Å². The van der Waals surface area contributed by atoms with Crippen LogP contribution in [0.1, 0.15) is 54.6 Å². The van der Waals surface area contributed by atoms with Crippen LogP contribution in [0.2, 0.25) is 10.0 Å². The molecule has 0 saturated heterocycles. The van der Waals surface area contributed by atoms with Gasteiger partial charge < -0.3 is 15.1 Å². The molecular weight excluding hydrogens is 389 g/mol. The summed E-state index contributed by atoms with van der Waals surface area (Å²) in [6.07, 6.45) is 2.47. The molecule has 0 aliphatic heterocycles. The van der Waals surface area contributed by atoms with Crippen LogP contribution in [0.3, 0.4) is 0 Å². The molecule has 1 aliphatic rings. The predicted octanol–water partition coefficient (Wildman–Crippen LogP) is 4.61. The van der Waals surface area contributed by atoms with E-state index in [4.69, 9.17) is 38.3 Å². The third-order valence-electron chi connectivity index (χ3n) is 4.89. The molecule has 0 radical (unpaired) electrons. The lowest BCUT2D eigenvalue weighted by Gasteiger charge is -2.33. The highest BCUT2D eigenvalue weighted by molar-refractivity contribution is 6.36. The maximum atomic E-state index is 12.4. The summed E-state index contributed by atoms with van der Waals surface area (Å²) in [5.41, 5.74) is 7.36. The number of nitrogens with zero attached hydrogens (tertiary/aromatic N) is 2. The summed E-state index contributed by atoms with van der Waals surface area (Å²) in [6.45, 7) is 6.57. The van der Waals surface area contributed by atoms with Crippen molar-refractivity contribution in [2.45, 2.75) is 40.0 Å². The first-order valence-electron chi connectivity index (χ1n) is 8.64. The minimum absolute atomic E-state index is 0.0325. The number of halogens is 2. The zero-order valence-corrected chi connectivity index (χ0v) is 16.9. The number of hydrogen-bond acceptors (Lipinski definition) is 5. The number of amidine groups is 1. The van der Waals surface area contributed by atoms with E-state index in [1.54, 1.807) is 12.1 Å². The number of carbonyl (C=O) groups is 1. The zero-order valence-electron chi connectivity index (χ0n) is 15.4. The maximum Gasteiger partial charge on any atom is 0.387 e. The first-order chi connectivity index (χ1) is 12.7. The Labute approximate surface area is 167 Å². The van der Waals surface area contributed by atoms with E-state index < -0.39 is 5.97 Å². The smallest absolute Gasteiger partial charge is 0.380 e. The van der Waals surface area contributed by atoms with Gasteiger partial charge in [0.15, 0.2) is 11.5 Å². The Morgan fingerprint density at radius 1 is 1.37 bits per heavy atom. The Morgan fingerprint density at radius 3 is 2.78 bits per heavy atom. The molecule has 144 valence electrons. The molecule has 1 aliphatic carbocycles. The average Bonchev–Trinajstić information content (AvgIpc) is 3.02. The number of hydrogen-bond donors (Lipinski definition) is 1. The number of rotatable bonds is 3. The highest BCUT2D eigenvalue weighted by Crippen LogP contribution is 2.38. The van der Waals surface area contributed by atoms with Gasteiger partial charge in [-0.25, -0.2) is 4.79 Å². The molecule has 0 amide bonds. The minimum atomic E-state index is -0.706. The molecule has 0 bridgehead atoms. The van der Waals surface area contributed by atoms with E-state index in [0.29, 0.717) is 21.5 Å². The van der Waals surface area contributed by atoms with Gasteiger partial charge in [-0.05, 0) is 42.4 Å². The van der Waals surface area contributed by atoms with Gasteiger partial charge in [-0.2, -0.15) is 0 Å². The molecule has 1 unspecified atom stereocenters. The van der Waals surface area contributed by atoms with Crippen LogP contribution in [-0.2, 0) is 17.7 Å². The van der Waals surface area contributed by atoms with E-state index in [2.05, 4.69) is 31.1 Å². The summed E-state index contributed by atoms with van der Waals surface area (Å²) in [4.78, 5) is 17.4. The molecule has 1 atom stereocenters. The van der Waals surface area contributed by atoms with E-state index >= 15 is 0 Å². The predicted molar refractivity (Wildman–Crippen MR) is 104 cm³/mol. The van der Waals surface area contributed by atoms with Crippen LogP contribution >= 0.6 is 23.2 Å². The lowest BCUT2D eigenvalue weighted by molar-refractivity contribution is 0.0502. The lowest BCUT2D eigenvalue weighted by Crippen LogP contribution is -2.27. The monoisotopic (exact) mass is 409 g/mol. The second-order valence-corrected chi connectivity index (χ2v) is 8.56. The Morgan fingerprint density at radius 2 is 2.11 bits per heavy atom. The molecule has 0 spiro atoms. The molecule has 1 aromatic carbocycles. The zero-order chi connectivity index (χ0) is 19.8. The van der Waals surface area contributed by atoms with Gasteiger partial charge >= 0.3 is 5.97 Å².